The average molecular weight is 392 g/mol. The maximum atomic E-state index is 6.47. The van der Waals surface area contributed by atoms with Crippen LogP contribution in [0.25, 0.3) is 22.3 Å². The van der Waals surface area contributed by atoms with Crippen LogP contribution in [0.1, 0.15) is 19.8 Å². The topological polar surface area (TPSA) is 12.5 Å². The summed E-state index contributed by atoms with van der Waals surface area (Å²) in [5.41, 5.74) is 7.03. The fraction of sp³-hybridized carbons (Fsp3) is 0.143. The fourth-order valence-electron chi connectivity index (χ4n) is 4.06. The minimum atomic E-state index is 0.921. The SMILES string of the molecule is CCCCN1c2ccc(-c3ccccc3)cc2Oc2cc(-c3ccccc3)ccc21. The van der Waals surface area contributed by atoms with Gasteiger partial charge in [-0.2, -0.15) is 0 Å². The van der Waals surface area contributed by atoms with E-state index < -0.39 is 0 Å². The lowest BCUT2D eigenvalue weighted by Crippen LogP contribution is -2.22. The van der Waals surface area contributed by atoms with Crippen LogP contribution in [0.3, 0.4) is 0 Å². The molecule has 0 unspecified atom stereocenters. The molecule has 0 N–H and O–H groups in total. The fourth-order valence-corrected chi connectivity index (χ4v) is 4.06. The Hall–Kier alpha value is -3.52. The van der Waals surface area contributed by atoms with Crippen LogP contribution in [0.15, 0.2) is 97.1 Å². The molecule has 1 heterocycles. The Bertz CT molecular complexity index is 1060. The van der Waals surface area contributed by atoms with E-state index >= 15 is 0 Å². The smallest absolute Gasteiger partial charge is 0.151 e. The number of unbranched alkanes of at least 4 members (excludes halogenated alkanes) is 1. The van der Waals surface area contributed by atoms with Crippen LogP contribution < -0.4 is 9.64 Å². The van der Waals surface area contributed by atoms with Crippen LogP contribution in [0.4, 0.5) is 11.4 Å². The van der Waals surface area contributed by atoms with Gasteiger partial charge in [-0.1, -0.05) is 86.1 Å². The largest absolute Gasteiger partial charge is 0.453 e. The molecule has 0 amide bonds. The van der Waals surface area contributed by atoms with Gasteiger partial charge in [0.15, 0.2) is 11.5 Å². The minimum Gasteiger partial charge on any atom is -0.453 e. The van der Waals surface area contributed by atoms with E-state index in [0.717, 1.165) is 42.3 Å². The number of rotatable bonds is 5. The van der Waals surface area contributed by atoms with Gasteiger partial charge in [-0.3, -0.25) is 0 Å². The molecule has 148 valence electrons. The Morgan fingerprint density at radius 2 is 1.10 bits per heavy atom. The molecule has 0 saturated heterocycles. The molecule has 1 aliphatic heterocycles. The first-order chi connectivity index (χ1) is 14.8. The molecule has 2 heteroatoms. The van der Waals surface area contributed by atoms with E-state index in [1.807, 2.05) is 12.1 Å². The van der Waals surface area contributed by atoms with E-state index in [1.54, 1.807) is 0 Å². The number of benzene rings is 4. The number of hydrogen-bond acceptors (Lipinski definition) is 2. The summed E-state index contributed by atoms with van der Waals surface area (Å²) in [7, 11) is 0. The van der Waals surface area contributed by atoms with E-state index in [4.69, 9.17) is 4.74 Å². The van der Waals surface area contributed by atoms with Gasteiger partial charge in [0.1, 0.15) is 0 Å². The van der Waals surface area contributed by atoms with Crippen LogP contribution in [0.2, 0.25) is 0 Å². The zero-order valence-electron chi connectivity index (χ0n) is 17.2. The van der Waals surface area contributed by atoms with Crippen LogP contribution in [0.5, 0.6) is 11.5 Å². The van der Waals surface area contributed by atoms with E-state index in [0.29, 0.717) is 0 Å². The monoisotopic (exact) mass is 391 g/mol. The second-order valence-corrected chi connectivity index (χ2v) is 7.70. The summed E-state index contributed by atoms with van der Waals surface area (Å²) in [6, 6.07) is 34.1. The third-order valence-electron chi connectivity index (χ3n) is 5.67. The molecule has 2 nitrogen and oxygen atoms in total. The molecule has 1 aliphatic rings. The predicted octanol–water partition coefficient (Wildman–Crippen LogP) is 8.06. The molecular weight excluding hydrogens is 366 g/mol. The Morgan fingerprint density at radius 1 is 0.600 bits per heavy atom. The molecule has 0 aromatic heterocycles. The van der Waals surface area contributed by atoms with Gasteiger partial charge in [-0.05, 0) is 52.9 Å². The lowest BCUT2D eigenvalue weighted by molar-refractivity contribution is 0.473. The Labute approximate surface area is 178 Å². The second-order valence-electron chi connectivity index (χ2n) is 7.70. The zero-order valence-corrected chi connectivity index (χ0v) is 17.2. The van der Waals surface area contributed by atoms with Crippen LogP contribution in [-0.2, 0) is 0 Å². The highest BCUT2D eigenvalue weighted by Crippen LogP contribution is 2.49. The number of ether oxygens (including phenoxy) is 1. The van der Waals surface area contributed by atoms with E-state index in [1.165, 1.54) is 22.3 Å². The third-order valence-corrected chi connectivity index (χ3v) is 5.67. The van der Waals surface area contributed by atoms with Crippen molar-refractivity contribution in [2.24, 2.45) is 0 Å². The number of nitrogens with zero attached hydrogens (tertiary/aromatic N) is 1. The quantitative estimate of drug-likeness (QED) is 0.341. The van der Waals surface area contributed by atoms with Crippen molar-refractivity contribution in [3.8, 4) is 33.8 Å². The van der Waals surface area contributed by atoms with Crippen molar-refractivity contribution in [1.82, 2.24) is 0 Å². The second kappa shape index (κ2) is 8.08. The van der Waals surface area contributed by atoms with Crippen LogP contribution >= 0.6 is 0 Å². The first-order valence-corrected chi connectivity index (χ1v) is 10.7. The molecule has 4 aromatic carbocycles. The summed E-state index contributed by atoms with van der Waals surface area (Å²) < 4.78 is 6.47. The lowest BCUT2D eigenvalue weighted by atomic mass is 10.0. The van der Waals surface area contributed by atoms with E-state index in [-0.39, 0.29) is 0 Å². The highest BCUT2D eigenvalue weighted by atomic mass is 16.5. The average Bonchev–Trinajstić information content (AvgIpc) is 2.82. The van der Waals surface area contributed by atoms with Crippen molar-refractivity contribution >= 4 is 11.4 Å². The van der Waals surface area contributed by atoms with Crippen molar-refractivity contribution in [3.63, 3.8) is 0 Å². The molecule has 0 spiro atoms. The Balaban J connectivity index is 1.58. The van der Waals surface area contributed by atoms with Crippen molar-refractivity contribution in [2.45, 2.75) is 19.8 Å². The highest BCUT2D eigenvalue weighted by molar-refractivity contribution is 5.83. The van der Waals surface area contributed by atoms with Crippen LogP contribution in [-0.4, -0.2) is 6.54 Å². The Morgan fingerprint density at radius 3 is 1.57 bits per heavy atom. The standard InChI is InChI=1S/C28H25NO/c1-2-3-18-29-25-16-14-23(21-10-6-4-7-11-21)19-27(25)30-28-20-24(15-17-26(28)29)22-12-8-5-9-13-22/h4-17,19-20H,2-3,18H2,1H3. The molecule has 5 rings (SSSR count). The first-order valence-electron chi connectivity index (χ1n) is 10.7. The number of hydrogen-bond donors (Lipinski definition) is 0. The van der Waals surface area contributed by atoms with Gasteiger partial charge in [-0.15, -0.1) is 0 Å². The minimum absolute atomic E-state index is 0.921. The Kier molecular flexibility index (Phi) is 4.98. The summed E-state index contributed by atoms with van der Waals surface area (Å²) in [6.45, 7) is 3.22. The summed E-state index contributed by atoms with van der Waals surface area (Å²) in [5.74, 6) is 1.84. The molecule has 4 aromatic rings. The van der Waals surface area contributed by atoms with Crippen LogP contribution in [0, 0.1) is 0 Å². The summed E-state index contributed by atoms with van der Waals surface area (Å²) in [5, 5.41) is 0. The summed E-state index contributed by atoms with van der Waals surface area (Å²) >= 11 is 0. The maximum Gasteiger partial charge on any atom is 0.151 e. The van der Waals surface area contributed by atoms with Gasteiger partial charge in [0.05, 0.1) is 11.4 Å². The molecule has 0 saturated carbocycles. The van der Waals surface area contributed by atoms with Crippen molar-refractivity contribution in [1.29, 1.82) is 0 Å². The van der Waals surface area contributed by atoms with Gasteiger partial charge >= 0.3 is 0 Å². The third kappa shape index (κ3) is 3.46. The van der Waals surface area contributed by atoms with E-state index in [2.05, 4.69) is 96.8 Å². The molecule has 0 bridgehead atoms. The molecule has 30 heavy (non-hydrogen) atoms. The summed E-state index contributed by atoms with van der Waals surface area (Å²) in [4.78, 5) is 2.40. The van der Waals surface area contributed by atoms with E-state index in [9.17, 15) is 0 Å². The maximum absolute atomic E-state index is 6.47. The molecule has 0 aliphatic carbocycles. The van der Waals surface area contributed by atoms with Crippen molar-refractivity contribution < 1.29 is 4.74 Å². The number of fused-ring (bicyclic) bond motifs is 2. The van der Waals surface area contributed by atoms with Gasteiger partial charge < -0.3 is 9.64 Å². The molecule has 0 radical (unpaired) electrons. The molecule has 0 fully saturated rings. The summed E-state index contributed by atoms with van der Waals surface area (Å²) in [6.07, 6.45) is 2.30. The zero-order chi connectivity index (χ0) is 20.3. The molecule has 0 atom stereocenters. The first kappa shape index (κ1) is 18.5. The lowest BCUT2D eigenvalue weighted by Gasteiger charge is -2.33. The normalized spacial score (nSPS) is 12.1. The van der Waals surface area contributed by atoms with Gasteiger partial charge in [0, 0.05) is 6.54 Å². The highest BCUT2D eigenvalue weighted by Gasteiger charge is 2.25. The predicted molar refractivity (Wildman–Crippen MR) is 126 cm³/mol. The van der Waals surface area contributed by atoms with Gasteiger partial charge in [-0.25, -0.2) is 0 Å². The molecular formula is C28H25NO. The number of anilines is 2. The van der Waals surface area contributed by atoms with Crippen molar-refractivity contribution in [2.75, 3.05) is 11.4 Å². The van der Waals surface area contributed by atoms with Gasteiger partial charge in [0.25, 0.3) is 0 Å². The van der Waals surface area contributed by atoms with Crippen molar-refractivity contribution in [3.05, 3.63) is 97.1 Å². The van der Waals surface area contributed by atoms with Gasteiger partial charge in [0.2, 0.25) is 0 Å².